The van der Waals surface area contributed by atoms with E-state index in [0.717, 1.165) is 18.7 Å². The topological polar surface area (TPSA) is 47.9 Å². The lowest BCUT2D eigenvalue weighted by molar-refractivity contribution is -0.153. The van der Waals surface area contributed by atoms with E-state index in [9.17, 15) is 4.79 Å². The Labute approximate surface area is 148 Å². The van der Waals surface area contributed by atoms with Crippen LogP contribution in [0.2, 0.25) is 0 Å². The minimum absolute atomic E-state index is 0.0233. The number of rotatable bonds is 12. The summed E-state index contributed by atoms with van der Waals surface area (Å²) in [5.41, 5.74) is -0.456. The summed E-state index contributed by atoms with van der Waals surface area (Å²) < 4.78 is 10.9. The van der Waals surface area contributed by atoms with Gasteiger partial charge in [0.25, 0.3) is 0 Å². The number of carbonyl (C=O) groups is 1. The van der Waals surface area contributed by atoms with E-state index in [1.54, 1.807) is 0 Å². The van der Waals surface area contributed by atoms with Crippen LogP contribution in [0.15, 0.2) is 4.99 Å². The predicted octanol–water partition coefficient (Wildman–Crippen LogP) is 5.29. The molecule has 24 heavy (non-hydrogen) atoms. The third kappa shape index (κ3) is 9.29. The van der Waals surface area contributed by atoms with Crippen molar-refractivity contribution in [3.63, 3.8) is 0 Å². The van der Waals surface area contributed by atoms with Gasteiger partial charge in [0.1, 0.15) is 19.3 Å². The monoisotopic (exact) mass is 339 g/mol. The Morgan fingerprint density at radius 3 is 2.25 bits per heavy atom. The Morgan fingerprint density at radius 2 is 1.67 bits per heavy atom. The van der Waals surface area contributed by atoms with Crippen LogP contribution in [0.5, 0.6) is 0 Å². The molecule has 0 radical (unpaired) electrons. The number of unbranched alkanes of at least 4 members (excludes halogenated alkanes) is 8. The van der Waals surface area contributed by atoms with Crippen LogP contribution in [0.1, 0.15) is 91.9 Å². The van der Waals surface area contributed by atoms with E-state index >= 15 is 0 Å². The predicted molar refractivity (Wildman–Crippen MR) is 99.4 cm³/mol. The molecule has 1 atom stereocenters. The van der Waals surface area contributed by atoms with Gasteiger partial charge in [0.05, 0.1) is 5.41 Å². The Balaban J connectivity index is 2.03. The second-order valence-electron chi connectivity index (χ2n) is 7.91. The normalized spacial score (nSPS) is 17.5. The molecule has 1 unspecified atom stereocenters. The fraction of sp³-hybridized carbons (Fsp3) is 0.900. The summed E-state index contributed by atoms with van der Waals surface area (Å²) in [6, 6.07) is -0.0233. The highest BCUT2D eigenvalue weighted by atomic mass is 16.5. The van der Waals surface area contributed by atoms with Crippen molar-refractivity contribution in [2.45, 2.75) is 97.9 Å². The Kier molecular flexibility index (Phi) is 10.0. The lowest BCUT2D eigenvalue weighted by Crippen LogP contribution is -2.27. The molecule has 0 saturated heterocycles. The van der Waals surface area contributed by atoms with Gasteiger partial charge in [0.2, 0.25) is 0 Å². The van der Waals surface area contributed by atoms with E-state index in [1.165, 1.54) is 51.4 Å². The summed E-state index contributed by atoms with van der Waals surface area (Å²) in [4.78, 5) is 16.3. The molecule has 0 spiro atoms. The van der Waals surface area contributed by atoms with Crippen molar-refractivity contribution in [3.05, 3.63) is 0 Å². The molecule has 0 bridgehead atoms. The van der Waals surface area contributed by atoms with E-state index in [4.69, 9.17) is 9.47 Å². The van der Waals surface area contributed by atoms with Crippen LogP contribution in [0.25, 0.3) is 0 Å². The van der Waals surface area contributed by atoms with Crippen LogP contribution in [0.3, 0.4) is 0 Å². The van der Waals surface area contributed by atoms with Gasteiger partial charge >= 0.3 is 5.97 Å². The van der Waals surface area contributed by atoms with E-state index < -0.39 is 5.41 Å². The number of hydrogen-bond donors (Lipinski definition) is 0. The van der Waals surface area contributed by atoms with Gasteiger partial charge in [-0.3, -0.25) is 4.79 Å². The van der Waals surface area contributed by atoms with Gasteiger partial charge in [-0.1, -0.05) is 58.3 Å². The first kappa shape index (κ1) is 21.0. The molecule has 4 heteroatoms. The summed E-state index contributed by atoms with van der Waals surface area (Å²) in [6.07, 6.45) is 12.8. The quantitative estimate of drug-likeness (QED) is 0.358. The van der Waals surface area contributed by atoms with Crippen molar-refractivity contribution >= 4 is 11.9 Å². The van der Waals surface area contributed by atoms with Gasteiger partial charge in [-0.15, -0.1) is 0 Å². The van der Waals surface area contributed by atoms with Crippen molar-refractivity contribution < 1.29 is 14.3 Å². The fourth-order valence-electron chi connectivity index (χ4n) is 2.67. The van der Waals surface area contributed by atoms with Gasteiger partial charge in [-0.05, 0) is 27.2 Å². The molecule has 0 amide bonds. The number of aliphatic imine (C=N–C) groups is 1. The molecule has 0 saturated carbocycles. The molecule has 0 aromatic rings. The molecule has 140 valence electrons. The number of nitrogens with zero attached hydrogens (tertiary/aromatic N) is 1. The van der Waals surface area contributed by atoms with E-state index in [2.05, 4.69) is 11.9 Å². The Morgan fingerprint density at radius 1 is 1.08 bits per heavy atom. The van der Waals surface area contributed by atoms with Crippen LogP contribution >= 0.6 is 0 Å². The van der Waals surface area contributed by atoms with Crippen molar-refractivity contribution in [2.24, 2.45) is 10.4 Å². The summed E-state index contributed by atoms with van der Waals surface area (Å²) in [5, 5.41) is 0. The highest BCUT2D eigenvalue weighted by Gasteiger charge is 2.26. The first-order valence-corrected chi connectivity index (χ1v) is 9.80. The molecule has 1 aliphatic heterocycles. The average Bonchev–Trinajstić information content (AvgIpc) is 2.98. The van der Waals surface area contributed by atoms with Crippen molar-refractivity contribution in [1.29, 1.82) is 0 Å². The molecule has 1 heterocycles. The molecule has 0 aliphatic carbocycles. The fourth-order valence-corrected chi connectivity index (χ4v) is 2.67. The van der Waals surface area contributed by atoms with E-state index in [-0.39, 0.29) is 12.0 Å². The molecule has 0 aromatic heterocycles. The SMILES string of the molecule is CCCCCCCCCCCC1=NC(COC(=O)C(C)(C)C)CO1. The molecule has 1 rings (SSSR count). The minimum Gasteiger partial charge on any atom is -0.479 e. The summed E-state index contributed by atoms with van der Waals surface area (Å²) in [6.45, 7) is 8.71. The maximum absolute atomic E-state index is 11.7. The number of ether oxygens (including phenoxy) is 2. The molecule has 0 fully saturated rings. The van der Waals surface area contributed by atoms with Gasteiger partial charge in [0, 0.05) is 6.42 Å². The van der Waals surface area contributed by atoms with Gasteiger partial charge in [-0.25, -0.2) is 4.99 Å². The van der Waals surface area contributed by atoms with Crippen LogP contribution in [-0.4, -0.2) is 31.1 Å². The summed E-state index contributed by atoms with van der Waals surface area (Å²) in [7, 11) is 0. The smallest absolute Gasteiger partial charge is 0.311 e. The molecule has 0 N–H and O–H groups in total. The lowest BCUT2D eigenvalue weighted by Gasteiger charge is -2.17. The van der Waals surface area contributed by atoms with Gasteiger partial charge in [-0.2, -0.15) is 0 Å². The first-order valence-electron chi connectivity index (χ1n) is 9.80. The van der Waals surface area contributed by atoms with Crippen molar-refractivity contribution in [2.75, 3.05) is 13.2 Å². The van der Waals surface area contributed by atoms with Crippen LogP contribution in [0.4, 0.5) is 0 Å². The summed E-state index contributed by atoms with van der Waals surface area (Å²) >= 11 is 0. The largest absolute Gasteiger partial charge is 0.479 e. The number of esters is 1. The third-order valence-corrected chi connectivity index (χ3v) is 4.28. The maximum Gasteiger partial charge on any atom is 0.311 e. The molecule has 4 nitrogen and oxygen atoms in total. The standard InChI is InChI=1S/C20H37NO3/c1-5-6-7-8-9-10-11-12-13-14-18-21-17(15-23-18)16-24-19(22)20(2,3)4/h17H,5-16H2,1-4H3. The summed E-state index contributed by atoms with van der Waals surface area (Å²) in [5.74, 6) is 0.667. The lowest BCUT2D eigenvalue weighted by atomic mass is 9.97. The van der Waals surface area contributed by atoms with Crippen LogP contribution in [0, 0.1) is 5.41 Å². The van der Waals surface area contributed by atoms with Crippen molar-refractivity contribution in [1.82, 2.24) is 0 Å². The number of carbonyl (C=O) groups excluding carboxylic acids is 1. The molecular weight excluding hydrogens is 302 g/mol. The maximum atomic E-state index is 11.7. The third-order valence-electron chi connectivity index (χ3n) is 4.28. The molecule has 1 aliphatic rings. The van der Waals surface area contributed by atoms with Gasteiger partial charge in [0.15, 0.2) is 5.90 Å². The second-order valence-corrected chi connectivity index (χ2v) is 7.91. The van der Waals surface area contributed by atoms with E-state index in [0.29, 0.717) is 13.2 Å². The zero-order valence-corrected chi connectivity index (χ0v) is 16.2. The molecule has 0 aromatic carbocycles. The first-order chi connectivity index (χ1) is 11.4. The zero-order chi connectivity index (χ0) is 17.8. The highest BCUT2D eigenvalue weighted by Crippen LogP contribution is 2.17. The second kappa shape index (κ2) is 11.5. The average molecular weight is 340 g/mol. The Hall–Kier alpha value is -1.06. The van der Waals surface area contributed by atoms with E-state index in [1.807, 2.05) is 20.8 Å². The van der Waals surface area contributed by atoms with Crippen molar-refractivity contribution in [3.8, 4) is 0 Å². The zero-order valence-electron chi connectivity index (χ0n) is 16.2. The number of hydrogen-bond acceptors (Lipinski definition) is 4. The minimum atomic E-state index is -0.456. The van der Waals surface area contributed by atoms with Crippen LogP contribution < -0.4 is 0 Å². The molecular formula is C20H37NO3. The highest BCUT2D eigenvalue weighted by molar-refractivity contribution is 5.78. The Bertz CT molecular complexity index is 385. The van der Waals surface area contributed by atoms with Crippen LogP contribution in [-0.2, 0) is 14.3 Å². The van der Waals surface area contributed by atoms with Gasteiger partial charge < -0.3 is 9.47 Å².